The van der Waals surface area contributed by atoms with Crippen molar-refractivity contribution in [2.75, 3.05) is 5.32 Å². The Labute approximate surface area is 78.6 Å². The van der Waals surface area contributed by atoms with Crippen molar-refractivity contribution >= 4 is 28.4 Å². The number of aromatic nitrogens is 1. The fourth-order valence-electron chi connectivity index (χ4n) is 0.867. The average Bonchev–Trinajstić information content (AvgIpc) is 2.30. The maximum Gasteiger partial charge on any atom is 0.340 e. The van der Waals surface area contributed by atoms with E-state index in [1.165, 1.54) is 6.92 Å². The Hall–Kier alpha value is -1.43. The van der Waals surface area contributed by atoms with E-state index in [9.17, 15) is 9.59 Å². The van der Waals surface area contributed by atoms with Crippen LogP contribution in [0.3, 0.4) is 0 Å². The molecular weight excluding hydrogens is 192 g/mol. The number of anilines is 1. The molecule has 0 fully saturated rings. The first kappa shape index (κ1) is 9.66. The van der Waals surface area contributed by atoms with E-state index < -0.39 is 5.97 Å². The summed E-state index contributed by atoms with van der Waals surface area (Å²) in [7, 11) is 0. The van der Waals surface area contributed by atoms with Crippen LogP contribution >= 0.6 is 11.5 Å². The Morgan fingerprint density at radius 2 is 2.15 bits per heavy atom. The first-order valence-corrected chi connectivity index (χ1v) is 4.27. The third kappa shape index (κ3) is 2.03. The first-order chi connectivity index (χ1) is 6.02. The Morgan fingerprint density at radius 3 is 2.62 bits per heavy atom. The maximum atomic E-state index is 10.7. The zero-order chi connectivity index (χ0) is 10.0. The van der Waals surface area contributed by atoms with Crippen molar-refractivity contribution in [3.63, 3.8) is 0 Å². The summed E-state index contributed by atoms with van der Waals surface area (Å²) in [5, 5.41) is 11.5. The van der Waals surface area contributed by atoms with Gasteiger partial charge in [0.2, 0.25) is 5.91 Å². The summed E-state index contributed by atoms with van der Waals surface area (Å²) in [4.78, 5) is 21.4. The van der Waals surface area contributed by atoms with E-state index in [1.54, 1.807) is 6.92 Å². The molecule has 70 valence electrons. The summed E-state index contributed by atoms with van der Waals surface area (Å²) in [5.74, 6) is -1.37. The molecule has 1 aromatic heterocycles. The molecule has 5 nitrogen and oxygen atoms in total. The number of aryl methyl sites for hydroxylation is 1. The number of hydrogen-bond acceptors (Lipinski definition) is 4. The summed E-state index contributed by atoms with van der Waals surface area (Å²) in [6.07, 6.45) is 0. The number of carbonyl (C=O) groups is 2. The second-order valence-electron chi connectivity index (χ2n) is 2.46. The van der Waals surface area contributed by atoms with Crippen LogP contribution in [0, 0.1) is 6.92 Å². The molecule has 0 aliphatic heterocycles. The lowest BCUT2D eigenvalue weighted by Crippen LogP contribution is -2.08. The predicted molar refractivity (Wildman–Crippen MR) is 48.1 cm³/mol. The number of carbonyl (C=O) groups excluding carboxylic acids is 1. The fraction of sp³-hybridized carbons (Fsp3) is 0.286. The topological polar surface area (TPSA) is 79.3 Å². The minimum atomic E-state index is -1.07. The van der Waals surface area contributed by atoms with Gasteiger partial charge in [0.15, 0.2) is 0 Å². The number of nitrogens with zero attached hydrogens (tertiary/aromatic N) is 1. The molecule has 0 saturated carbocycles. The third-order valence-corrected chi connectivity index (χ3v) is 2.22. The molecule has 1 rings (SSSR count). The van der Waals surface area contributed by atoms with Crippen molar-refractivity contribution in [2.45, 2.75) is 13.8 Å². The molecule has 1 heterocycles. The van der Waals surface area contributed by atoms with Crippen molar-refractivity contribution < 1.29 is 14.7 Å². The molecule has 2 N–H and O–H groups in total. The number of hydrogen-bond donors (Lipinski definition) is 2. The second-order valence-corrected chi connectivity index (χ2v) is 3.23. The highest BCUT2D eigenvalue weighted by Crippen LogP contribution is 2.23. The van der Waals surface area contributed by atoms with E-state index in [1.807, 2.05) is 0 Å². The van der Waals surface area contributed by atoms with Crippen LogP contribution in [-0.4, -0.2) is 21.4 Å². The Balaban J connectivity index is 3.07. The highest BCUT2D eigenvalue weighted by atomic mass is 32.1. The molecule has 0 bridgehead atoms. The van der Waals surface area contributed by atoms with Gasteiger partial charge in [0, 0.05) is 6.92 Å². The van der Waals surface area contributed by atoms with Crippen LogP contribution in [0.25, 0.3) is 0 Å². The van der Waals surface area contributed by atoms with Gasteiger partial charge < -0.3 is 10.4 Å². The Kier molecular flexibility index (Phi) is 2.62. The van der Waals surface area contributed by atoms with Gasteiger partial charge in [-0.2, -0.15) is 4.37 Å². The monoisotopic (exact) mass is 200 g/mol. The van der Waals surface area contributed by atoms with Crippen LogP contribution in [-0.2, 0) is 4.79 Å². The third-order valence-electron chi connectivity index (χ3n) is 1.37. The minimum absolute atomic E-state index is 0.0696. The number of rotatable bonds is 2. The smallest absolute Gasteiger partial charge is 0.340 e. The van der Waals surface area contributed by atoms with Gasteiger partial charge in [0.25, 0.3) is 0 Å². The van der Waals surface area contributed by atoms with E-state index >= 15 is 0 Å². The van der Waals surface area contributed by atoms with Crippen LogP contribution in [0.4, 0.5) is 5.00 Å². The normalized spacial score (nSPS) is 9.69. The maximum absolute atomic E-state index is 10.7. The number of nitrogens with one attached hydrogen (secondary N) is 1. The van der Waals surface area contributed by atoms with Crippen LogP contribution in [0.2, 0.25) is 0 Å². The molecule has 0 saturated heterocycles. The zero-order valence-corrected chi connectivity index (χ0v) is 7.94. The van der Waals surface area contributed by atoms with E-state index in [-0.39, 0.29) is 16.5 Å². The van der Waals surface area contributed by atoms with E-state index in [0.29, 0.717) is 5.69 Å². The Morgan fingerprint density at radius 1 is 1.54 bits per heavy atom. The van der Waals surface area contributed by atoms with Gasteiger partial charge in [-0.15, -0.1) is 0 Å². The second kappa shape index (κ2) is 3.53. The van der Waals surface area contributed by atoms with Crippen molar-refractivity contribution in [1.29, 1.82) is 0 Å². The standard InChI is InChI=1S/C7H8N2O3S/c1-3-5(7(11)12)6(13-9-3)8-4(2)10/h1-2H3,(H,8,10)(H,11,12). The lowest BCUT2D eigenvalue weighted by atomic mass is 10.2. The van der Waals surface area contributed by atoms with Crippen molar-refractivity contribution in [2.24, 2.45) is 0 Å². The predicted octanol–water partition coefficient (Wildman–Crippen LogP) is 1.11. The molecular formula is C7H8N2O3S. The van der Waals surface area contributed by atoms with Crippen LogP contribution in [0.15, 0.2) is 0 Å². The SMILES string of the molecule is CC(=O)Nc1snc(C)c1C(=O)O. The molecule has 13 heavy (non-hydrogen) atoms. The summed E-state index contributed by atoms with van der Waals surface area (Å²) < 4.78 is 3.84. The number of aromatic carboxylic acids is 1. The van der Waals surface area contributed by atoms with Gasteiger partial charge in [-0.25, -0.2) is 4.79 Å². The molecule has 1 amide bonds. The zero-order valence-electron chi connectivity index (χ0n) is 7.12. The molecule has 0 aromatic carbocycles. The number of carboxylic acid groups (broad SMARTS) is 1. The van der Waals surface area contributed by atoms with Gasteiger partial charge >= 0.3 is 5.97 Å². The number of carboxylic acids is 1. The van der Waals surface area contributed by atoms with Gasteiger partial charge in [-0.1, -0.05) is 0 Å². The molecule has 1 aromatic rings. The Bertz CT molecular complexity index is 359. The minimum Gasteiger partial charge on any atom is -0.478 e. The van der Waals surface area contributed by atoms with Gasteiger partial charge in [0.05, 0.1) is 5.69 Å². The number of amides is 1. The molecule has 0 atom stereocenters. The van der Waals surface area contributed by atoms with E-state index in [0.717, 1.165) is 11.5 Å². The molecule has 6 heteroatoms. The van der Waals surface area contributed by atoms with Crippen LogP contribution < -0.4 is 5.32 Å². The molecule has 0 aliphatic carbocycles. The van der Waals surface area contributed by atoms with Crippen molar-refractivity contribution in [3.05, 3.63) is 11.3 Å². The summed E-state index contributed by atoms with van der Waals surface area (Å²) in [6.45, 7) is 2.91. The summed E-state index contributed by atoms with van der Waals surface area (Å²) >= 11 is 0.970. The largest absolute Gasteiger partial charge is 0.478 e. The lowest BCUT2D eigenvalue weighted by molar-refractivity contribution is -0.114. The molecule has 0 spiro atoms. The van der Waals surface area contributed by atoms with Crippen molar-refractivity contribution in [1.82, 2.24) is 4.37 Å². The first-order valence-electron chi connectivity index (χ1n) is 3.49. The highest BCUT2D eigenvalue weighted by Gasteiger charge is 2.17. The fourth-order valence-corrected chi connectivity index (χ4v) is 1.70. The summed E-state index contributed by atoms with van der Waals surface area (Å²) in [6, 6.07) is 0. The molecule has 0 aliphatic rings. The molecule has 0 unspecified atom stereocenters. The summed E-state index contributed by atoms with van der Waals surface area (Å²) in [5.41, 5.74) is 0.487. The van der Waals surface area contributed by atoms with Gasteiger partial charge in [-0.3, -0.25) is 4.79 Å². The average molecular weight is 200 g/mol. The molecule has 0 radical (unpaired) electrons. The van der Waals surface area contributed by atoms with Crippen LogP contribution in [0.5, 0.6) is 0 Å². The van der Waals surface area contributed by atoms with E-state index in [2.05, 4.69) is 9.69 Å². The van der Waals surface area contributed by atoms with Gasteiger partial charge in [-0.05, 0) is 18.5 Å². The van der Waals surface area contributed by atoms with Gasteiger partial charge in [0.1, 0.15) is 10.6 Å². The quantitative estimate of drug-likeness (QED) is 0.749. The van der Waals surface area contributed by atoms with E-state index in [4.69, 9.17) is 5.11 Å². The highest BCUT2D eigenvalue weighted by molar-refractivity contribution is 7.11. The van der Waals surface area contributed by atoms with Crippen LogP contribution in [0.1, 0.15) is 23.0 Å². The lowest BCUT2D eigenvalue weighted by Gasteiger charge is -1.98. The van der Waals surface area contributed by atoms with Crippen molar-refractivity contribution in [3.8, 4) is 0 Å².